The molecule has 4 heteroatoms. The molecule has 0 spiro atoms. The van der Waals surface area contributed by atoms with Gasteiger partial charge in [-0.2, -0.15) is 0 Å². The van der Waals surface area contributed by atoms with E-state index in [9.17, 15) is 4.79 Å². The number of carbonyl (C=O) groups is 1. The zero-order valence-corrected chi connectivity index (χ0v) is 12.3. The molecule has 3 rings (SSSR count). The first-order valence-electron chi connectivity index (χ1n) is 7.35. The van der Waals surface area contributed by atoms with Gasteiger partial charge in [0.1, 0.15) is 5.82 Å². The van der Waals surface area contributed by atoms with Crippen molar-refractivity contribution in [3.8, 4) is 0 Å². The minimum atomic E-state index is 0.149. The van der Waals surface area contributed by atoms with Crippen LogP contribution in [0.2, 0.25) is 0 Å². The number of nitrogens with one attached hydrogen (secondary N) is 1. The lowest BCUT2D eigenvalue weighted by molar-refractivity contribution is -0.122. The summed E-state index contributed by atoms with van der Waals surface area (Å²) < 4.78 is 2.22. The number of nitrogens with zero attached hydrogens (tertiary/aromatic N) is 2. The van der Waals surface area contributed by atoms with Crippen LogP contribution in [0.15, 0.2) is 18.2 Å². The van der Waals surface area contributed by atoms with E-state index in [1.807, 2.05) is 25.1 Å². The second kappa shape index (κ2) is 4.93. The molecular formula is C16H21N3O. The highest BCUT2D eigenvalue weighted by molar-refractivity contribution is 5.95. The SMILES string of the molecule is Cc1nc2cc(NC(=O)C3CCC3)ccc2n1C(C)C. The summed E-state index contributed by atoms with van der Waals surface area (Å²) in [6.45, 7) is 6.33. The molecule has 1 heterocycles. The van der Waals surface area contributed by atoms with Crippen molar-refractivity contribution in [1.29, 1.82) is 0 Å². The molecule has 0 aliphatic heterocycles. The Balaban J connectivity index is 1.89. The van der Waals surface area contributed by atoms with Gasteiger partial charge in [-0.15, -0.1) is 0 Å². The Labute approximate surface area is 119 Å². The van der Waals surface area contributed by atoms with Gasteiger partial charge in [0.25, 0.3) is 0 Å². The number of hydrogen-bond donors (Lipinski definition) is 1. The van der Waals surface area contributed by atoms with Crippen molar-refractivity contribution >= 4 is 22.6 Å². The summed E-state index contributed by atoms with van der Waals surface area (Å²) in [7, 11) is 0. The van der Waals surface area contributed by atoms with Crippen molar-refractivity contribution in [3.05, 3.63) is 24.0 Å². The summed E-state index contributed by atoms with van der Waals surface area (Å²) in [5.74, 6) is 1.37. The predicted molar refractivity (Wildman–Crippen MR) is 80.8 cm³/mol. The number of anilines is 1. The maximum atomic E-state index is 12.0. The van der Waals surface area contributed by atoms with Gasteiger partial charge in [0.15, 0.2) is 0 Å². The average molecular weight is 271 g/mol. The first-order valence-corrected chi connectivity index (χ1v) is 7.35. The summed E-state index contributed by atoms with van der Waals surface area (Å²) in [5, 5.41) is 3.01. The van der Waals surface area contributed by atoms with Crippen LogP contribution in [-0.2, 0) is 4.79 Å². The van der Waals surface area contributed by atoms with Gasteiger partial charge >= 0.3 is 0 Å². The molecule has 1 aliphatic rings. The lowest BCUT2D eigenvalue weighted by atomic mass is 9.85. The van der Waals surface area contributed by atoms with E-state index in [0.29, 0.717) is 6.04 Å². The molecule has 1 N–H and O–H groups in total. The van der Waals surface area contributed by atoms with Gasteiger partial charge in [-0.05, 0) is 51.8 Å². The Morgan fingerprint density at radius 2 is 2.15 bits per heavy atom. The fourth-order valence-electron chi connectivity index (χ4n) is 2.86. The van der Waals surface area contributed by atoms with Crippen molar-refractivity contribution in [2.24, 2.45) is 5.92 Å². The highest BCUT2D eigenvalue weighted by atomic mass is 16.1. The first-order chi connectivity index (χ1) is 9.56. The molecule has 1 aromatic carbocycles. The van der Waals surface area contributed by atoms with E-state index in [1.165, 1.54) is 6.42 Å². The van der Waals surface area contributed by atoms with Gasteiger partial charge in [0, 0.05) is 17.6 Å². The standard InChI is InChI=1S/C16H21N3O/c1-10(2)19-11(3)17-14-9-13(7-8-15(14)19)18-16(20)12-5-4-6-12/h7-10,12H,4-6H2,1-3H3,(H,18,20). The number of benzene rings is 1. The molecule has 20 heavy (non-hydrogen) atoms. The number of hydrogen-bond acceptors (Lipinski definition) is 2. The highest BCUT2D eigenvalue weighted by Gasteiger charge is 2.25. The topological polar surface area (TPSA) is 46.9 Å². The molecule has 106 valence electrons. The molecule has 0 radical (unpaired) electrons. The van der Waals surface area contributed by atoms with E-state index in [-0.39, 0.29) is 11.8 Å². The van der Waals surface area contributed by atoms with Gasteiger partial charge < -0.3 is 9.88 Å². The number of amides is 1. The summed E-state index contributed by atoms with van der Waals surface area (Å²) in [5.41, 5.74) is 2.92. The van der Waals surface area contributed by atoms with E-state index in [4.69, 9.17) is 0 Å². The van der Waals surface area contributed by atoms with E-state index >= 15 is 0 Å². The monoisotopic (exact) mass is 271 g/mol. The largest absolute Gasteiger partial charge is 0.326 e. The van der Waals surface area contributed by atoms with E-state index in [0.717, 1.165) is 35.4 Å². The molecular weight excluding hydrogens is 250 g/mol. The van der Waals surface area contributed by atoms with Crippen molar-refractivity contribution in [2.75, 3.05) is 5.32 Å². The van der Waals surface area contributed by atoms with Gasteiger partial charge in [0.05, 0.1) is 11.0 Å². The number of rotatable bonds is 3. The summed E-state index contributed by atoms with van der Waals surface area (Å²) >= 11 is 0. The predicted octanol–water partition coefficient (Wildman–Crippen LogP) is 3.66. The zero-order chi connectivity index (χ0) is 14.3. The molecule has 0 atom stereocenters. The molecule has 1 aromatic heterocycles. The maximum absolute atomic E-state index is 12.0. The summed E-state index contributed by atoms with van der Waals surface area (Å²) in [6.07, 6.45) is 3.22. The average Bonchev–Trinajstić information content (AvgIpc) is 2.61. The van der Waals surface area contributed by atoms with Crippen LogP contribution in [0.1, 0.15) is 45.0 Å². The molecule has 1 aliphatic carbocycles. The third-order valence-electron chi connectivity index (χ3n) is 4.13. The molecule has 4 nitrogen and oxygen atoms in total. The fraction of sp³-hybridized carbons (Fsp3) is 0.500. The Hall–Kier alpha value is -1.84. The Bertz CT molecular complexity index is 653. The van der Waals surface area contributed by atoms with Crippen molar-refractivity contribution in [3.63, 3.8) is 0 Å². The van der Waals surface area contributed by atoms with E-state index in [2.05, 4.69) is 28.7 Å². The van der Waals surface area contributed by atoms with Crippen LogP contribution in [0.25, 0.3) is 11.0 Å². The lowest BCUT2D eigenvalue weighted by Crippen LogP contribution is -2.27. The smallest absolute Gasteiger partial charge is 0.227 e. The number of fused-ring (bicyclic) bond motifs is 1. The number of aryl methyl sites for hydroxylation is 1. The van der Waals surface area contributed by atoms with Crippen LogP contribution < -0.4 is 5.32 Å². The second-order valence-electron chi connectivity index (χ2n) is 5.94. The molecule has 0 bridgehead atoms. The van der Waals surface area contributed by atoms with Crippen molar-refractivity contribution in [2.45, 2.75) is 46.1 Å². The Kier molecular flexibility index (Phi) is 3.24. The van der Waals surface area contributed by atoms with Crippen LogP contribution in [0.4, 0.5) is 5.69 Å². The van der Waals surface area contributed by atoms with Gasteiger partial charge in [-0.1, -0.05) is 6.42 Å². The molecule has 1 saturated carbocycles. The summed E-state index contributed by atoms with van der Waals surface area (Å²) in [6, 6.07) is 6.37. The number of carbonyl (C=O) groups excluding carboxylic acids is 1. The van der Waals surface area contributed by atoms with Gasteiger partial charge in [-0.25, -0.2) is 4.98 Å². The van der Waals surface area contributed by atoms with Crippen LogP contribution >= 0.6 is 0 Å². The fourth-order valence-corrected chi connectivity index (χ4v) is 2.86. The maximum Gasteiger partial charge on any atom is 0.227 e. The van der Waals surface area contributed by atoms with Crippen LogP contribution in [0.3, 0.4) is 0 Å². The second-order valence-corrected chi connectivity index (χ2v) is 5.94. The van der Waals surface area contributed by atoms with Crippen LogP contribution in [0, 0.1) is 12.8 Å². The lowest BCUT2D eigenvalue weighted by Gasteiger charge is -2.24. The molecule has 2 aromatic rings. The van der Waals surface area contributed by atoms with Gasteiger partial charge in [0.2, 0.25) is 5.91 Å². The summed E-state index contributed by atoms with van der Waals surface area (Å²) in [4.78, 5) is 16.6. The zero-order valence-electron chi connectivity index (χ0n) is 12.3. The molecule has 1 fully saturated rings. The van der Waals surface area contributed by atoms with E-state index < -0.39 is 0 Å². The molecule has 1 amide bonds. The minimum absolute atomic E-state index is 0.149. The molecule has 0 unspecified atom stereocenters. The van der Waals surface area contributed by atoms with Gasteiger partial charge in [-0.3, -0.25) is 4.79 Å². The van der Waals surface area contributed by atoms with Crippen molar-refractivity contribution in [1.82, 2.24) is 9.55 Å². The van der Waals surface area contributed by atoms with E-state index in [1.54, 1.807) is 0 Å². The first kappa shape index (κ1) is 13.2. The number of imidazole rings is 1. The highest BCUT2D eigenvalue weighted by Crippen LogP contribution is 2.28. The third kappa shape index (κ3) is 2.19. The quantitative estimate of drug-likeness (QED) is 0.926. The van der Waals surface area contributed by atoms with Crippen LogP contribution in [-0.4, -0.2) is 15.5 Å². The normalized spacial score (nSPS) is 15.6. The Morgan fingerprint density at radius 1 is 1.40 bits per heavy atom. The third-order valence-corrected chi connectivity index (χ3v) is 4.13. The van der Waals surface area contributed by atoms with Crippen LogP contribution in [0.5, 0.6) is 0 Å². The minimum Gasteiger partial charge on any atom is -0.326 e. The molecule has 0 saturated heterocycles. The number of aromatic nitrogens is 2. The Morgan fingerprint density at radius 3 is 2.75 bits per heavy atom. The van der Waals surface area contributed by atoms with Crippen molar-refractivity contribution < 1.29 is 4.79 Å².